The predicted octanol–water partition coefficient (Wildman–Crippen LogP) is 1.04. The van der Waals surface area contributed by atoms with Gasteiger partial charge < -0.3 is 11.5 Å². The quantitative estimate of drug-likeness (QED) is 0.734. The van der Waals surface area contributed by atoms with Crippen LogP contribution < -0.4 is 11.5 Å². The summed E-state index contributed by atoms with van der Waals surface area (Å²) in [5.41, 5.74) is 12.0. The molecule has 0 saturated carbocycles. The van der Waals surface area contributed by atoms with Crippen molar-refractivity contribution in [2.24, 2.45) is 11.5 Å². The fourth-order valence-electron chi connectivity index (χ4n) is 1.14. The number of nitrogens with two attached hydrogens (primary N) is 2. The van der Waals surface area contributed by atoms with Gasteiger partial charge in [0, 0.05) is 12.1 Å². The van der Waals surface area contributed by atoms with Gasteiger partial charge in [-0.2, -0.15) is 0 Å². The van der Waals surface area contributed by atoms with Crippen molar-refractivity contribution in [3.63, 3.8) is 0 Å². The van der Waals surface area contributed by atoms with Gasteiger partial charge in [0.05, 0.1) is 0 Å². The summed E-state index contributed by atoms with van der Waals surface area (Å²) in [6, 6.07) is 6.33. The fraction of sp³-hybridized carbons (Fsp3) is 0.400. The third-order valence-electron chi connectivity index (χ3n) is 1.99. The molecule has 72 valence electrons. The molecule has 0 aromatic heterocycles. The zero-order valence-electron chi connectivity index (χ0n) is 7.76. The van der Waals surface area contributed by atoms with Crippen LogP contribution in [0.4, 0.5) is 4.39 Å². The van der Waals surface area contributed by atoms with Crippen LogP contribution in [-0.4, -0.2) is 12.1 Å². The Labute approximate surface area is 77.7 Å². The lowest BCUT2D eigenvalue weighted by Gasteiger charge is -2.22. The summed E-state index contributed by atoms with van der Waals surface area (Å²) >= 11 is 0. The molecule has 13 heavy (non-hydrogen) atoms. The molecule has 0 fully saturated rings. The molecule has 2 nitrogen and oxygen atoms in total. The summed E-state index contributed by atoms with van der Waals surface area (Å²) in [6.07, 6.45) is 0.670. The second-order valence-electron chi connectivity index (χ2n) is 3.66. The number of halogens is 1. The number of hydrogen-bond acceptors (Lipinski definition) is 2. The highest BCUT2D eigenvalue weighted by atomic mass is 19.1. The van der Waals surface area contributed by atoms with Crippen molar-refractivity contribution in [3.05, 3.63) is 35.6 Å². The maximum Gasteiger partial charge on any atom is 0.123 e. The lowest BCUT2D eigenvalue weighted by atomic mass is 9.94. The topological polar surface area (TPSA) is 52.0 Å². The molecule has 1 rings (SSSR count). The molecule has 4 N–H and O–H groups in total. The molecular formula is C10H15FN2. The summed E-state index contributed by atoms with van der Waals surface area (Å²) in [5.74, 6) is -0.227. The fourth-order valence-corrected chi connectivity index (χ4v) is 1.14. The van der Waals surface area contributed by atoms with Crippen LogP contribution in [0, 0.1) is 5.82 Å². The Hall–Kier alpha value is -0.930. The van der Waals surface area contributed by atoms with Crippen LogP contribution in [0.2, 0.25) is 0 Å². The molecule has 3 heteroatoms. The van der Waals surface area contributed by atoms with Crippen LogP contribution in [0.5, 0.6) is 0 Å². The smallest absolute Gasteiger partial charge is 0.123 e. The van der Waals surface area contributed by atoms with Crippen molar-refractivity contribution in [2.75, 3.05) is 6.54 Å². The third kappa shape index (κ3) is 3.13. The van der Waals surface area contributed by atoms with E-state index >= 15 is 0 Å². The van der Waals surface area contributed by atoms with Crippen molar-refractivity contribution in [2.45, 2.75) is 18.9 Å². The Morgan fingerprint density at radius 2 is 1.85 bits per heavy atom. The molecule has 0 aliphatic heterocycles. The van der Waals surface area contributed by atoms with Gasteiger partial charge in [0.2, 0.25) is 0 Å². The Morgan fingerprint density at radius 1 is 1.31 bits per heavy atom. The van der Waals surface area contributed by atoms with Crippen LogP contribution in [0.15, 0.2) is 24.3 Å². The molecule has 0 heterocycles. The predicted molar refractivity (Wildman–Crippen MR) is 51.8 cm³/mol. The largest absolute Gasteiger partial charge is 0.329 e. The average molecular weight is 182 g/mol. The van der Waals surface area contributed by atoms with Crippen LogP contribution in [-0.2, 0) is 6.42 Å². The first-order valence-corrected chi connectivity index (χ1v) is 4.27. The summed E-state index contributed by atoms with van der Waals surface area (Å²) in [7, 11) is 0. The van der Waals surface area contributed by atoms with Gasteiger partial charge in [0.1, 0.15) is 5.82 Å². The van der Waals surface area contributed by atoms with E-state index in [1.165, 1.54) is 12.1 Å². The minimum Gasteiger partial charge on any atom is -0.329 e. The van der Waals surface area contributed by atoms with Crippen LogP contribution in [0.25, 0.3) is 0 Å². The van der Waals surface area contributed by atoms with E-state index in [0.29, 0.717) is 13.0 Å². The van der Waals surface area contributed by atoms with Crippen molar-refractivity contribution in [3.8, 4) is 0 Å². The maximum atomic E-state index is 12.5. The van der Waals surface area contributed by atoms with E-state index in [2.05, 4.69) is 0 Å². The highest BCUT2D eigenvalue weighted by Gasteiger charge is 2.16. The first-order chi connectivity index (χ1) is 6.03. The van der Waals surface area contributed by atoms with E-state index in [9.17, 15) is 4.39 Å². The monoisotopic (exact) mass is 182 g/mol. The molecule has 0 amide bonds. The van der Waals surface area contributed by atoms with Gasteiger partial charge in [0.25, 0.3) is 0 Å². The van der Waals surface area contributed by atoms with E-state index in [0.717, 1.165) is 5.56 Å². The van der Waals surface area contributed by atoms with Gasteiger partial charge in [-0.15, -0.1) is 0 Å². The first kappa shape index (κ1) is 10.2. The van der Waals surface area contributed by atoms with Crippen LogP contribution >= 0.6 is 0 Å². The van der Waals surface area contributed by atoms with E-state index < -0.39 is 5.54 Å². The lowest BCUT2D eigenvalue weighted by Crippen LogP contribution is -2.45. The van der Waals surface area contributed by atoms with Crippen molar-refractivity contribution < 1.29 is 4.39 Å². The molecule has 0 bridgehead atoms. The molecule has 1 aromatic carbocycles. The Bertz CT molecular complexity index is 267. The molecule has 0 saturated heterocycles. The average Bonchev–Trinajstić information content (AvgIpc) is 2.09. The summed E-state index contributed by atoms with van der Waals surface area (Å²) in [4.78, 5) is 0. The number of hydrogen-bond donors (Lipinski definition) is 2. The molecular weight excluding hydrogens is 167 g/mol. The molecule has 1 atom stereocenters. The molecule has 0 aliphatic carbocycles. The maximum absolute atomic E-state index is 12.5. The van der Waals surface area contributed by atoms with Crippen LogP contribution in [0.3, 0.4) is 0 Å². The summed E-state index contributed by atoms with van der Waals surface area (Å²) in [5, 5.41) is 0. The Morgan fingerprint density at radius 3 is 2.31 bits per heavy atom. The standard InChI is InChI=1S/C10H15FN2/c1-10(13,7-12)6-8-2-4-9(11)5-3-8/h2-5H,6-7,12-13H2,1H3. The molecule has 0 radical (unpaired) electrons. The second-order valence-corrected chi connectivity index (χ2v) is 3.66. The zero-order valence-corrected chi connectivity index (χ0v) is 7.76. The van der Waals surface area contributed by atoms with Gasteiger partial charge in [-0.3, -0.25) is 0 Å². The van der Waals surface area contributed by atoms with Crippen molar-refractivity contribution >= 4 is 0 Å². The minimum absolute atomic E-state index is 0.227. The normalized spacial score (nSPS) is 15.4. The third-order valence-corrected chi connectivity index (χ3v) is 1.99. The second kappa shape index (κ2) is 3.85. The van der Waals surface area contributed by atoms with Gasteiger partial charge in [-0.25, -0.2) is 4.39 Å². The molecule has 1 unspecified atom stereocenters. The van der Waals surface area contributed by atoms with Gasteiger partial charge in [-0.05, 0) is 31.0 Å². The molecule has 1 aromatic rings. The summed E-state index contributed by atoms with van der Waals surface area (Å²) in [6.45, 7) is 2.31. The summed E-state index contributed by atoms with van der Waals surface area (Å²) < 4.78 is 12.5. The highest BCUT2D eigenvalue weighted by Crippen LogP contribution is 2.10. The SMILES string of the molecule is CC(N)(CN)Cc1ccc(F)cc1. The lowest BCUT2D eigenvalue weighted by molar-refractivity contribution is 0.477. The van der Waals surface area contributed by atoms with Crippen molar-refractivity contribution in [1.29, 1.82) is 0 Å². The van der Waals surface area contributed by atoms with E-state index in [4.69, 9.17) is 11.5 Å². The van der Waals surface area contributed by atoms with E-state index in [1.54, 1.807) is 12.1 Å². The van der Waals surface area contributed by atoms with Crippen LogP contribution in [0.1, 0.15) is 12.5 Å². The van der Waals surface area contributed by atoms with E-state index in [1.807, 2.05) is 6.92 Å². The van der Waals surface area contributed by atoms with Gasteiger partial charge in [0.15, 0.2) is 0 Å². The zero-order chi connectivity index (χ0) is 9.90. The van der Waals surface area contributed by atoms with Gasteiger partial charge >= 0.3 is 0 Å². The molecule has 0 aliphatic rings. The van der Waals surface area contributed by atoms with Crippen molar-refractivity contribution in [1.82, 2.24) is 0 Å². The molecule has 0 spiro atoms. The first-order valence-electron chi connectivity index (χ1n) is 4.27. The number of rotatable bonds is 3. The highest BCUT2D eigenvalue weighted by molar-refractivity contribution is 5.18. The van der Waals surface area contributed by atoms with E-state index in [-0.39, 0.29) is 5.82 Å². The Balaban J connectivity index is 2.69. The number of benzene rings is 1. The minimum atomic E-state index is -0.405. The Kier molecular flexibility index (Phi) is 3.01. The van der Waals surface area contributed by atoms with Gasteiger partial charge in [-0.1, -0.05) is 12.1 Å².